The lowest BCUT2D eigenvalue weighted by molar-refractivity contribution is -0.133. The first-order valence-electron chi connectivity index (χ1n) is 7.03. The molecule has 20 heavy (non-hydrogen) atoms. The molecule has 2 N–H and O–H groups in total. The van der Waals surface area contributed by atoms with Gasteiger partial charge in [-0.1, -0.05) is 51.7 Å². The average molecular weight is 282 g/mol. The highest BCUT2D eigenvalue weighted by atomic mass is 16.4. The fourth-order valence-electron chi connectivity index (χ4n) is 1.82. The third-order valence-electron chi connectivity index (χ3n) is 3.70. The molecule has 0 spiro atoms. The van der Waals surface area contributed by atoms with Gasteiger partial charge in [-0.05, 0) is 25.7 Å². The highest BCUT2D eigenvalue weighted by Crippen LogP contribution is 2.43. The molecular formula is C16H26O4. The number of hydrogen-bond acceptors (Lipinski definition) is 2. The van der Waals surface area contributed by atoms with Gasteiger partial charge >= 0.3 is 11.9 Å². The third kappa shape index (κ3) is 7.77. The van der Waals surface area contributed by atoms with Crippen LogP contribution in [-0.2, 0) is 9.59 Å². The van der Waals surface area contributed by atoms with Crippen LogP contribution in [0.15, 0.2) is 24.3 Å². The molecule has 0 aliphatic heterocycles. The van der Waals surface area contributed by atoms with Crippen molar-refractivity contribution in [2.45, 2.75) is 52.4 Å². The number of rotatable bonds is 3. The van der Waals surface area contributed by atoms with Crippen molar-refractivity contribution in [3.05, 3.63) is 24.3 Å². The van der Waals surface area contributed by atoms with Crippen LogP contribution in [0.3, 0.4) is 0 Å². The van der Waals surface area contributed by atoms with Gasteiger partial charge in [0, 0.05) is 11.1 Å². The molecule has 0 atom stereocenters. The van der Waals surface area contributed by atoms with E-state index in [1.165, 1.54) is 38.5 Å². The quantitative estimate of drug-likeness (QED) is 0.770. The van der Waals surface area contributed by atoms with Gasteiger partial charge < -0.3 is 10.2 Å². The minimum atomic E-state index is -0.935. The summed E-state index contributed by atoms with van der Waals surface area (Å²) in [6.45, 7) is 9.20. The molecule has 0 saturated heterocycles. The summed E-state index contributed by atoms with van der Waals surface area (Å²) in [6, 6.07) is 0. The molecule has 0 aromatic carbocycles. The molecule has 4 heteroatoms. The van der Waals surface area contributed by atoms with Crippen molar-refractivity contribution in [3.8, 4) is 0 Å². The van der Waals surface area contributed by atoms with Crippen LogP contribution in [0, 0.1) is 11.8 Å². The number of aliphatic carboxylic acids is 2. The van der Waals surface area contributed by atoms with E-state index in [1.54, 1.807) is 25.7 Å². The highest BCUT2D eigenvalue weighted by Gasteiger charge is 2.30. The lowest BCUT2D eigenvalue weighted by Gasteiger charge is -2.39. The average Bonchev–Trinajstić information content (AvgIpc) is 2.22. The van der Waals surface area contributed by atoms with Gasteiger partial charge in [0.2, 0.25) is 0 Å². The van der Waals surface area contributed by atoms with Gasteiger partial charge in [0.05, 0.1) is 0 Å². The largest absolute Gasteiger partial charge is 0.478 e. The molecule has 2 saturated carbocycles. The van der Waals surface area contributed by atoms with Crippen molar-refractivity contribution < 1.29 is 19.8 Å². The summed E-state index contributed by atoms with van der Waals surface area (Å²) >= 11 is 0. The van der Waals surface area contributed by atoms with Gasteiger partial charge in [-0.25, -0.2) is 9.59 Å². The molecule has 0 radical (unpaired) electrons. The van der Waals surface area contributed by atoms with Gasteiger partial charge in [-0.3, -0.25) is 0 Å². The van der Waals surface area contributed by atoms with Crippen molar-refractivity contribution in [1.29, 1.82) is 0 Å². The van der Waals surface area contributed by atoms with E-state index in [0.29, 0.717) is 0 Å². The smallest absolute Gasteiger partial charge is 0.330 e. The predicted octanol–water partition coefficient (Wildman–Crippen LogP) is 3.88. The Morgan fingerprint density at radius 2 is 1.00 bits per heavy atom. The number of hydrogen-bond donors (Lipinski definition) is 2. The maximum Gasteiger partial charge on any atom is 0.330 e. The topological polar surface area (TPSA) is 74.6 Å². The maximum atomic E-state index is 9.60. The van der Waals surface area contributed by atoms with Crippen molar-refractivity contribution in [1.82, 2.24) is 0 Å². The maximum absolute atomic E-state index is 9.60. The molecule has 0 heterocycles. The van der Waals surface area contributed by atoms with Crippen LogP contribution in [0.1, 0.15) is 52.4 Å². The molecule has 0 unspecified atom stereocenters. The van der Waals surface area contributed by atoms with Crippen molar-refractivity contribution in [3.63, 3.8) is 0 Å². The van der Waals surface area contributed by atoms with E-state index < -0.39 is 11.9 Å². The molecule has 2 aliphatic rings. The molecule has 0 bridgehead atoms. The van der Waals surface area contributed by atoms with E-state index in [9.17, 15) is 9.59 Å². The zero-order valence-corrected chi connectivity index (χ0v) is 12.5. The Labute approximate surface area is 121 Å². The van der Waals surface area contributed by atoms with E-state index in [-0.39, 0.29) is 11.1 Å². The van der Waals surface area contributed by atoms with Gasteiger partial charge in [-0.2, -0.15) is 0 Å². The molecule has 114 valence electrons. The zero-order valence-electron chi connectivity index (χ0n) is 12.5. The van der Waals surface area contributed by atoms with E-state index in [2.05, 4.69) is 13.2 Å². The minimum Gasteiger partial charge on any atom is -0.478 e. The standard InChI is InChI=1S/C8H14.2C4H6O2/c1-3-7(4-1)8-5-2-6-8;2*1-3(2)4(5)6/h7-8H,1-6H2;2*1H2,2H3,(H,5,6). The van der Waals surface area contributed by atoms with Crippen molar-refractivity contribution in [2.24, 2.45) is 11.8 Å². The van der Waals surface area contributed by atoms with Gasteiger partial charge in [0.1, 0.15) is 0 Å². The summed E-state index contributed by atoms with van der Waals surface area (Å²) < 4.78 is 0. The fourth-order valence-corrected chi connectivity index (χ4v) is 1.82. The fraction of sp³-hybridized carbons (Fsp3) is 0.625. The van der Waals surface area contributed by atoms with Crippen molar-refractivity contribution >= 4 is 11.9 Å². The first-order chi connectivity index (χ1) is 9.25. The first-order valence-corrected chi connectivity index (χ1v) is 7.03. The number of carboxylic acid groups (broad SMARTS) is 2. The monoisotopic (exact) mass is 282 g/mol. The lowest BCUT2D eigenvalue weighted by atomic mass is 9.67. The van der Waals surface area contributed by atoms with E-state index in [0.717, 1.165) is 0 Å². The summed E-state index contributed by atoms with van der Waals surface area (Å²) in [5.74, 6) is 0.498. The Balaban J connectivity index is 0.000000278. The van der Waals surface area contributed by atoms with Gasteiger partial charge in [-0.15, -0.1) is 0 Å². The summed E-state index contributed by atoms with van der Waals surface area (Å²) in [7, 11) is 0. The normalized spacial score (nSPS) is 17.1. The zero-order chi connectivity index (χ0) is 15.7. The van der Waals surface area contributed by atoms with Crippen LogP contribution in [0.4, 0.5) is 0 Å². The molecular weight excluding hydrogens is 256 g/mol. The molecule has 0 aromatic rings. The number of carboxylic acids is 2. The molecule has 2 fully saturated rings. The second-order valence-electron chi connectivity index (χ2n) is 5.55. The second kappa shape index (κ2) is 9.34. The third-order valence-corrected chi connectivity index (χ3v) is 3.70. The minimum absolute atomic E-state index is 0.176. The van der Waals surface area contributed by atoms with Gasteiger partial charge in [0.25, 0.3) is 0 Å². The first kappa shape index (κ1) is 18.4. The van der Waals surface area contributed by atoms with Crippen LogP contribution >= 0.6 is 0 Å². The Hall–Kier alpha value is -1.58. The van der Waals surface area contributed by atoms with Crippen LogP contribution in [-0.4, -0.2) is 22.2 Å². The van der Waals surface area contributed by atoms with E-state index in [1.807, 2.05) is 0 Å². The Morgan fingerprint density at radius 1 is 0.800 bits per heavy atom. The molecule has 0 aromatic heterocycles. The number of carbonyl (C=O) groups is 2. The van der Waals surface area contributed by atoms with Crippen LogP contribution in [0.2, 0.25) is 0 Å². The predicted molar refractivity (Wildman–Crippen MR) is 79.6 cm³/mol. The summed E-state index contributed by atoms with van der Waals surface area (Å²) in [6.07, 6.45) is 9.30. The summed E-state index contributed by atoms with van der Waals surface area (Å²) in [4.78, 5) is 19.2. The van der Waals surface area contributed by atoms with Crippen LogP contribution < -0.4 is 0 Å². The van der Waals surface area contributed by atoms with Crippen molar-refractivity contribution in [2.75, 3.05) is 0 Å². The second-order valence-corrected chi connectivity index (χ2v) is 5.55. The van der Waals surface area contributed by atoms with E-state index in [4.69, 9.17) is 10.2 Å². The van der Waals surface area contributed by atoms with Crippen LogP contribution in [0.25, 0.3) is 0 Å². The van der Waals surface area contributed by atoms with E-state index >= 15 is 0 Å². The molecule has 0 amide bonds. The Kier molecular flexibility index (Phi) is 8.61. The Bertz CT molecular complexity index is 303. The molecule has 2 aliphatic carbocycles. The molecule has 2 rings (SSSR count). The Morgan fingerprint density at radius 3 is 1.05 bits per heavy atom. The van der Waals surface area contributed by atoms with Crippen LogP contribution in [0.5, 0.6) is 0 Å². The highest BCUT2D eigenvalue weighted by molar-refractivity contribution is 5.85. The summed E-state index contributed by atoms with van der Waals surface area (Å²) in [5, 5.41) is 15.8. The SMILES string of the molecule is C1CC(C2CCC2)C1.C=C(C)C(=O)O.C=C(C)C(=O)O. The summed E-state index contributed by atoms with van der Waals surface area (Å²) in [5.41, 5.74) is 0.352. The lowest BCUT2D eigenvalue weighted by Crippen LogP contribution is -2.26. The molecule has 4 nitrogen and oxygen atoms in total. The van der Waals surface area contributed by atoms with Gasteiger partial charge in [0.15, 0.2) is 0 Å².